The van der Waals surface area contributed by atoms with Crippen LogP contribution >= 0.6 is 11.6 Å². The number of ether oxygens (including phenoxy) is 1. The van der Waals surface area contributed by atoms with Gasteiger partial charge in [0.2, 0.25) is 0 Å². The molecule has 0 radical (unpaired) electrons. The topological polar surface area (TPSA) is 38.3 Å². The van der Waals surface area contributed by atoms with Gasteiger partial charge in [0.1, 0.15) is 11.6 Å². The van der Waals surface area contributed by atoms with E-state index in [0.29, 0.717) is 16.3 Å². The zero-order valence-corrected chi connectivity index (χ0v) is 13.2. The van der Waals surface area contributed by atoms with Gasteiger partial charge in [0.15, 0.2) is 6.61 Å². The Balaban J connectivity index is 1.90. The second kappa shape index (κ2) is 7.27. The molecule has 0 saturated heterocycles. The Hall–Kier alpha value is -2.07. The molecular weight excluding hydrogens is 305 g/mol. The number of carbonyl (C=O) groups is 1. The number of halogens is 2. The molecule has 2 rings (SSSR count). The number of hydrogen-bond donors (Lipinski definition) is 1. The molecule has 0 spiro atoms. The maximum Gasteiger partial charge on any atom is 0.258 e. The third-order valence-electron chi connectivity index (χ3n) is 3.21. The maximum atomic E-state index is 13.4. The molecule has 0 aliphatic heterocycles. The molecule has 0 unspecified atom stereocenters. The lowest BCUT2D eigenvalue weighted by molar-refractivity contribution is -0.123. The minimum Gasteiger partial charge on any atom is -0.483 e. The van der Waals surface area contributed by atoms with Crippen molar-refractivity contribution in [2.75, 3.05) is 6.61 Å². The van der Waals surface area contributed by atoms with Crippen molar-refractivity contribution in [1.29, 1.82) is 0 Å². The minimum atomic E-state index is -0.340. The van der Waals surface area contributed by atoms with Crippen molar-refractivity contribution in [2.45, 2.75) is 20.4 Å². The predicted molar refractivity (Wildman–Crippen MR) is 84.7 cm³/mol. The Morgan fingerprint density at radius 3 is 2.50 bits per heavy atom. The van der Waals surface area contributed by atoms with Gasteiger partial charge in [-0.15, -0.1) is 0 Å². The van der Waals surface area contributed by atoms with Crippen LogP contribution in [-0.4, -0.2) is 12.5 Å². The van der Waals surface area contributed by atoms with E-state index in [4.69, 9.17) is 16.3 Å². The second-order valence-corrected chi connectivity index (χ2v) is 5.46. The lowest BCUT2D eigenvalue weighted by Gasteiger charge is -2.12. The van der Waals surface area contributed by atoms with Crippen LogP contribution in [0.4, 0.5) is 4.39 Å². The van der Waals surface area contributed by atoms with Crippen LogP contribution in [0.15, 0.2) is 36.4 Å². The largest absolute Gasteiger partial charge is 0.483 e. The summed E-state index contributed by atoms with van der Waals surface area (Å²) in [5.74, 6) is -0.00412. The van der Waals surface area contributed by atoms with E-state index in [-0.39, 0.29) is 24.9 Å². The fourth-order valence-corrected chi connectivity index (χ4v) is 2.48. The molecule has 0 saturated carbocycles. The van der Waals surface area contributed by atoms with Gasteiger partial charge in [-0.05, 0) is 43.2 Å². The monoisotopic (exact) mass is 321 g/mol. The summed E-state index contributed by atoms with van der Waals surface area (Å²) < 4.78 is 19.0. The molecule has 0 atom stereocenters. The Labute approximate surface area is 134 Å². The Morgan fingerprint density at radius 1 is 1.23 bits per heavy atom. The third kappa shape index (κ3) is 4.21. The smallest absolute Gasteiger partial charge is 0.258 e. The molecule has 1 N–H and O–H groups in total. The molecule has 22 heavy (non-hydrogen) atoms. The van der Waals surface area contributed by atoms with Crippen molar-refractivity contribution >= 4 is 17.5 Å². The number of nitrogens with one attached hydrogen (secondary N) is 1. The van der Waals surface area contributed by atoms with Gasteiger partial charge >= 0.3 is 0 Å². The summed E-state index contributed by atoms with van der Waals surface area (Å²) in [6.45, 7) is 3.74. The summed E-state index contributed by atoms with van der Waals surface area (Å²) in [6, 6.07) is 9.88. The lowest BCUT2D eigenvalue weighted by atomic mass is 10.1. The normalized spacial score (nSPS) is 10.4. The highest BCUT2D eigenvalue weighted by Crippen LogP contribution is 2.26. The van der Waals surface area contributed by atoms with Crippen molar-refractivity contribution < 1.29 is 13.9 Å². The van der Waals surface area contributed by atoms with Crippen LogP contribution in [0.3, 0.4) is 0 Å². The summed E-state index contributed by atoms with van der Waals surface area (Å²) in [5.41, 5.74) is 2.17. The van der Waals surface area contributed by atoms with Crippen LogP contribution < -0.4 is 10.1 Å². The quantitative estimate of drug-likeness (QED) is 0.910. The van der Waals surface area contributed by atoms with Crippen LogP contribution in [0.5, 0.6) is 5.75 Å². The van der Waals surface area contributed by atoms with Gasteiger partial charge in [0, 0.05) is 17.1 Å². The Bertz CT molecular complexity index is 665. The highest BCUT2D eigenvalue weighted by Gasteiger charge is 2.09. The molecule has 2 aromatic carbocycles. The summed E-state index contributed by atoms with van der Waals surface area (Å²) in [6.07, 6.45) is 0. The second-order valence-electron chi connectivity index (χ2n) is 5.03. The van der Waals surface area contributed by atoms with Gasteiger partial charge in [-0.25, -0.2) is 4.39 Å². The number of amides is 1. The van der Waals surface area contributed by atoms with Gasteiger partial charge in [-0.3, -0.25) is 4.79 Å². The molecule has 0 heterocycles. The van der Waals surface area contributed by atoms with Crippen molar-refractivity contribution in [3.8, 4) is 5.75 Å². The zero-order chi connectivity index (χ0) is 16.1. The molecular formula is C17H17ClFNO2. The zero-order valence-electron chi connectivity index (χ0n) is 12.5. The molecule has 1 amide bonds. The molecule has 0 bridgehead atoms. The SMILES string of the molecule is Cc1cc(Cl)cc(C)c1OCC(=O)NCc1ccccc1F. The van der Waals surface area contributed by atoms with Crippen LogP contribution in [0.1, 0.15) is 16.7 Å². The first-order chi connectivity index (χ1) is 10.5. The molecule has 2 aromatic rings. The number of rotatable bonds is 5. The molecule has 3 nitrogen and oxygen atoms in total. The maximum absolute atomic E-state index is 13.4. The summed E-state index contributed by atoms with van der Waals surface area (Å²) in [4.78, 5) is 11.8. The molecule has 0 fully saturated rings. The highest BCUT2D eigenvalue weighted by atomic mass is 35.5. The number of aryl methyl sites for hydroxylation is 2. The number of hydrogen-bond acceptors (Lipinski definition) is 2. The van der Waals surface area contributed by atoms with E-state index < -0.39 is 0 Å². The molecule has 116 valence electrons. The highest BCUT2D eigenvalue weighted by molar-refractivity contribution is 6.30. The molecule has 0 aliphatic carbocycles. The summed E-state index contributed by atoms with van der Waals surface area (Å²) in [7, 11) is 0. The Morgan fingerprint density at radius 2 is 1.86 bits per heavy atom. The van der Waals surface area contributed by atoms with Gasteiger partial charge < -0.3 is 10.1 Å². The fraction of sp³-hybridized carbons (Fsp3) is 0.235. The van der Waals surface area contributed by atoms with Crippen molar-refractivity contribution in [2.24, 2.45) is 0 Å². The van der Waals surface area contributed by atoms with Crippen molar-refractivity contribution in [1.82, 2.24) is 5.32 Å². The predicted octanol–water partition coefficient (Wildman–Crippen LogP) is 3.79. The first-order valence-corrected chi connectivity index (χ1v) is 7.25. The van der Waals surface area contributed by atoms with Gasteiger partial charge in [0.25, 0.3) is 5.91 Å². The van der Waals surface area contributed by atoms with Crippen LogP contribution in [0, 0.1) is 19.7 Å². The average molecular weight is 322 g/mol. The van der Waals surface area contributed by atoms with E-state index in [0.717, 1.165) is 11.1 Å². The van der Waals surface area contributed by atoms with Crippen LogP contribution in [-0.2, 0) is 11.3 Å². The van der Waals surface area contributed by atoms with Gasteiger partial charge in [-0.2, -0.15) is 0 Å². The summed E-state index contributed by atoms with van der Waals surface area (Å²) in [5, 5.41) is 3.26. The van der Waals surface area contributed by atoms with E-state index in [1.54, 1.807) is 30.3 Å². The average Bonchev–Trinajstić information content (AvgIpc) is 2.45. The Kier molecular flexibility index (Phi) is 5.39. The number of carbonyl (C=O) groups excluding carboxylic acids is 1. The van der Waals surface area contributed by atoms with Gasteiger partial charge in [-0.1, -0.05) is 29.8 Å². The first kappa shape index (κ1) is 16.3. The molecule has 0 aromatic heterocycles. The van der Waals surface area contributed by atoms with E-state index in [2.05, 4.69) is 5.32 Å². The first-order valence-electron chi connectivity index (χ1n) is 6.87. The van der Waals surface area contributed by atoms with E-state index >= 15 is 0 Å². The minimum absolute atomic E-state index is 0.127. The standard InChI is InChI=1S/C17H17ClFNO2/c1-11-7-14(18)8-12(2)17(11)22-10-16(21)20-9-13-5-3-4-6-15(13)19/h3-8H,9-10H2,1-2H3,(H,20,21). The molecule has 0 aliphatic rings. The third-order valence-corrected chi connectivity index (χ3v) is 3.42. The lowest BCUT2D eigenvalue weighted by Crippen LogP contribution is -2.29. The van der Waals surface area contributed by atoms with Crippen molar-refractivity contribution in [3.05, 3.63) is 63.9 Å². The van der Waals surface area contributed by atoms with Crippen LogP contribution in [0.2, 0.25) is 5.02 Å². The number of benzene rings is 2. The van der Waals surface area contributed by atoms with E-state index in [1.807, 2.05) is 13.8 Å². The molecule has 5 heteroatoms. The van der Waals surface area contributed by atoms with Crippen molar-refractivity contribution in [3.63, 3.8) is 0 Å². The summed E-state index contributed by atoms with van der Waals surface area (Å²) >= 11 is 5.95. The fourth-order valence-electron chi connectivity index (χ4n) is 2.15. The van der Waals surface area contributed by atoms with E-state index in [1.165, 1.54) is 6.07 Å². The van der Waals surface area contributed by atoms with Crippen LogP contribution in [0.25, 0.3) is 0 Å². The van der Waals surface area contributed by atoms with E-state index in [9.17, 15) is 9.18 Å². The van der Waals surface area contributed by atoms with Gasteiger partial charge in [0.05, 0.1) is 0 Å².